The Hall–Kier alpha value is -1.39. The minimum atomic E-state index is -1.18. The molecule has 1 aliphatic rings. The fourth-order valence-corrected chi connectivity index (χ4v) is 2.11. The lowest BCUT2D eigenvalue weighted by Crippen LogP contribution is -2.46. The number of aliphatic hydroxyl groups is 1. The number of nitrogens with one attached hydrogen (secondary N) is 1. The highest BCUT2D eigenvalue weighted by molar-refractivity contribution is 5.79. The van der Waals surface area contributed by atoms with Gasteiger partial charge in [-0.3, -0.25) is 4.79 Å². The Labute approximate surface area is 113 Å². The highest BCUT2D eigenvalue weighted by Crippen LogP contribution is 2.23. The third-order valence-electron chi connectivity index (χ3n) is 3.07. The van der Waals surface area contributed by atoms with Crippen molar-refractivity contribution in [3.05, 3.63) is 35.9 Å². The first-order valence-corrected chi connectivity index (χ1v) is 6.64. The van der Waals surface area contributed by atoms with Crippen LogP contribution in [0.5, 0.6) is 0 Å². The normalized spacial score (nSPS) is 19.8. The van der Waals surface area contributed by atoms with Crippen LogP contribution in [0.4, 0.5) is 0 Å². The first kappa shape index (κ1) is 14.0. The molecule has 1 aliphatic heterocycles. The third kappa shape index (κ3) is 5.01. The summed E-state index contributed by atoms with van der Waals surface area (Å²) in [5, 5.41) is 12.3. The maximum atomic E-state index is 12.2. The number of carbonyl (C=O) groups excluding carboxylic acids is 1. The van der Waals surface area contributed by atoms with Gasteiger partial charge in [-0.05, 0) is 32.3 Å². The van der Waals surface area contributed by atoms with E-state index in [9.17, 15) is 9.90 Å². The van der Waals surface area contributed by atoms with Crippen molar-refractivity contribution >= 4 is 5.91 Å². The van der Waals surface area contributed by atoms with Crippen LogP contribution in [-0.2, 0) is 16.0 Å². The second kappa shape index (κ2) is 5.72. The lowest BCUT2D eigenvalue weighted by molar-refractivity contribution is -0.131. The third-order valence-corrected chi connectivity index (χ3v) is 3.07. The maximum absolute atomic E-state index is 12.2. The Bertz CT molecular complexity index is 421. The van der Waals surface area contributed by atoms with Gasteiger partial charge in [0.1, 0.15) is 5.72 Å². The summed E-state index contributed by atoms with van der Waals surface area (Å²) in [5.74, 6) is -0.284. The second-order valence-corrected chi connectivity index (χ2v) is 5.63. The molecule has 104 valence electrons. The van der Waals surface area contributed by atoms with E-state index in [1.54, 1.807) is 13.8 Å². The van der Waals surface area contributed by atoms with E-state index in [0.29, 0.717) is 12.8 Å². The molecule has 1 aromatic carbocycles. The van der Waals surface area contributed by atoms with E-state index in [1.165, 1.54) is 0 Å². The van der Waals surface area contributed by atoms with Gasteiger partial charge < -0.3 is 15.2 Å². The van der Waals surface area contributed by atoms with E-state index in [-0.39, 0.29) is 17.9 Å². The van der Waals surface area contributed by atoms with Crippen LogP contribution in [0.3, 0.4) is 0 Å². The van der Waals surface area contributed by atoms with Crippen molar-refractivity contribution in [2.24, 2.45) is 5.92 Å². The molecule has 0 spiro atoms. The summed E-state index contributed by atoms with van der Waals surface area (Å²) in [6.45, 7) is 3.87. The van der Waals surface area contributed by atoms with E-state index in [4.69, 9.17) is 4.74 Å². The average Bonchev–Trinajstić information content (AvgIpc) is 3.11. The Morgan fingerprint density at radius 3 is 2.63 bits per heavy atom. The second-order valence-electron chi connectivity index (χ2n) is 5.63. The summed E-state index contributed by atoms with van der Waals surface area (Å²) in [5.41, 5.74) is -0.0600. The van der Waals surface area contributed by atoms with Crippen molar-refractivity contribution < 1.29 is 14.6 Å². The van der Waals surface area contributed by atoms with Crippen LogP contribution in [0, 0.1) is 5.92 Å². The van der Waals surface area contributed by atoms with Crippen LogP contribution in [0.2, 0.25) is 0 Å². The molecule has 0 aliphatic carbocycles. The summed E-state index contributed by atoms with van der Waals surface area (Å²) >= 11 is 0. The molecule has 1 fully saturated rings. The summed E-state index contributed by atoms with van der Waals surface area (Å²) in [6, 6.07) is 9.91. The van der Waals surface area contributed by atoms with Gasteiger partial charge in [-0.1, -0.05) is 30.3 Å². The van der Waals surface area contributed by atoms with Gasteiger partial charge in [0, 0.05) is 5.92 Å². The Morgan fingerprint density at radius 1 is 1.47 bits per heavy atom. The fraction of sp³-hybridized carbons (Fsp3) is 0.533. The summed E-state index contributed by atoms with van der Waals surface area (Å²) < 4.78 is 5.21. The van der Waals surface area contributed by atoms with Crippen molar-refractivity contribution in [1.82, 2.24) is 5.32 Å². The number of rotatable bonds is 6. The van der Waals surface area contributed by atoms with Gasteiger partial charge in [-0.25, -0.2) is 0 Å². The average molecular weight is 263 g/mol. The molecular weight excluding hydrogens is 242 g/mol. The minimum absolute atomic E-state index is 0.119. The topological polar surface area (TPSA) is 61.9 Å². The van der Waals surface area contributed by atoms with Crippen molar-refractivity contribution in [3.8, 4) is 0 Å². The van der Waals surface area contributed by atoms with Crippen molar-refractivity contribution in [2.45, 2.75) is 38.5 Å². The van der Waals surface area contributed by atoms with E-state index in [2.05, 4.69) is 5.32 Å². The van der Waals surface area contributed by atoms with Gasteiger partial charge in [0.15, 0.2) is 0 Å². The largest absolute Gasteiger partial charge is 0.373 e. The number of amides is 1. The molecule has 4 nitrogen and oxygen atoms in total. The van der Waals surface area contributed by atoms with Gasteiger partial charge in [0.25, 0.3) is 0 Å². The number of benzene rings is 1. The monoisotopic (exact) mass is 263 g/mol. The first-order valence-electron chi connectivity index (χ1n) is 6.64. The SMILES string of the molecule is CC(C)(O)NC(=O)C(Cc1ccccc1)CC1CO1. The molecule has 2 N–H and O–H groups in total. The van der Waals surface area contributed by atoms with E-state index >= 15 is 0 Å². The van der Waals surface area contributed by atoms with Crippen LogP contribution >= 0.6 is 0 Å². The molecule has 0 radical (unpaired) electrons. The van der Waals surface area contributed by atoms with Gasteiger partial charge in [-0.15, -0.1) is 0 Å². The van der Waals surface area contributed by atoms with Crippen molar-refractivity contribution in [1.29, 1.82) is 0 Å². The molecule has 2 unspecified atom stereocenters. The van der Waals surface area contributed by atoms with Gasteiger partial charge in [0.05, 0.1) is 12.7 Å². The molecule has 0 saturated carbocycles. The van der Waals surface area contributed by atoms with Crippen molar-refractivity contribution in [3.63, 3.8) is 0 Å². The number of hydrogen-bond acceptors (Lipinski definition) is 3. The van der Waals surface area contributed by atoms with E-state index < -0.39 is 5.72 Å². The zero-order valence-corrected chi connectivity index (χ0v) is 11.4. The maximum Gasteiger partial charge on any atom is 0.225 e. The predicted octanol–water partition coefficient (Wildman–Crippen LogP) is 1.48. The smallest absolute Gasteiger partial charge is 0.225 e. The highest BCUT2D eigenvalue weighted by atomic mass is 16.6. The number of epoxide rings is 1. The highest BCUT2D eigenvalue weighted by Gasteiger charge is 2.32. The lowest BCUT2D eigenvalue weighted by Gasteiger charge is -2.23. The summed E-state index contributed by atoms with van der Waals surface area (Å²) in [7, 11) is 0. The van der Waals surface area contributed by atoms with Gasteiger partial charge in [0.2, 0.25) is 5.91 Å². The van der Waals surface area contributed by atoms with Crippen molar-refractivity contribution in [2.75, 3.05) is 6.61 Å². The molecule has 1 aromatic rings. The quantitative estimate of drug-likeness (QED) is 0.603. The van der Waals surface area contributed by atoms with E-state index in [0.717, 1.165) is 12.2 Å². The number of hydrogen-bond donors (Lipinski definition) is 2. The molecule has 1 amide bonds. The standard InChI is InChI=1S/C15H21NO3/c1-15(2,18)16-14(17)12(9-13-10-19-13)8-11-6-4-3-5-7-11/h3-7,12-13,18H,8-10H2,1-2H3,(H,16,17). The molecule has 4 heteroatoms. The molecule has 19 heavy (non-hydrogen) atoms. The van der Waals surface area contributed by atoms with Gasteiger partial charge in [-0.2, -0.15) is 0 Å². The van der Waals surface area contributed by atoms with E-state index in [1.807, 2.05) is 30.3 Å². The zero-order valence-electron chi connectivity index (χ0n) is 11.4. The summed E-state index contributed by atoms with van der Waals surface area (Å²) in [6.07, 6.45) is 1.57. The summed E-state index contributed by atoms with van der Waals surface area (Å²) in [4.78, 5) is 12.2. The molecule has 0 aromatic heterocycles. The fourth-order valence-electron chi connectivity index (χ4n) is 2.11. The van der Waals surface area contributed by atoms with Crippen LogP contribution in [0.1, 0.15) is 25.8 Å². The predicted molar refractivity (Wildman–Crippen MR) is 72.4 cm³/mol. The lowest BCUT2D eigenvalue weighted by atomic mass is 9.93. The van der Waals surface area contributed by atoms with Crippen LogP contribution in [0.15, 0.2) is 30.3 Å². The number of carbonyl (C=O) groups is 1. The minimum Gasteiger partial charge on any atom is -0.373 e. The van der Waals surface area contributed by atoms with Crippen LogP contribution < -0.4 is 5.32 Å². The zero-order chi connectivity index (χ0) is 13.9. The molecule has 2 atom stereocenters. The Balaban J connectivity index is 2.00. The number of ether oxygens (including phenoxy) is 1. The molecule has 1 saturated heterocycles. The van der Waals surface area contributed by atoms with Gasteiger partial charge >= 0.3 is 0 Å². The van der Waals surface area contributed by atoms with Crippen LogP contribution in [-0.4, -0.2) is 29.4 Å². The Morgan fingerprint density at radius 2 is 2.11 bits per heavy atom. The molecule has 0 bridgehead atoms. The Kier molecular flexibility index (Phi) is 4.22. The molecule has 2 rings (SSSR count). The molecule has 1 heterocycles. The van der Waals surface area contributed by atoms with Crippen LogP contribution in [0.25, 0.3) is 0 Å². The molecular formula is C15H21NO3. The first-order chi connectivity index (χ1) is 8.94.